The smallest absolute Gasteiger partial charge is 0.269 e. The molecule has 1 saturated heterocycles. The Kier molecular flexibility index (Phi) is 5.83. The zero-order valence-corrected chi connectivity index (χ0v) is 18.4. The highest BCUT2D eigenvalue weighted by Crippen LogP contribution is 2.24. The number of nitro benzene ring substituents is 1. The maximum Gasteiger partial charge on any atom is 0.269 e. The first-order valence-corrected chi connectivity index (χ1v) is 10.8. The molecule has 1 aliphatic rings. The number of halogens is 1. The number of benzene rings is 2. The highest BCUT2D eigenvalue weighted by Gasteiger charge is 2.24. The molecule has 0 radical (unpaired) electrons. The molecule has 12 heteroatoms. The van der Waals surface area contributed by atoms with Crippen molar-refractivity contribution in [2.24, 2.45) is 0 Å². The van der Waals surface area contributed by atoms with Crippen LogP contribution in [0.15, 0.2) is 60.9 Å². The minimum atomic E-state index is -0.467. The molecule has 0 spiro atoms. The normalized spacial score (nSPS) is 14.1. The highest BCUT2D eigenvalue weighted by atomic mass is 19.1. The van der Waals surface area contributed by atoms with Crippen molar-refractivity contribution in [3.8, 4) is 5.69 Å². The van der Waals surface area contributed by atoms with Crippen molar-refractivity contribution < 1.29 is 14.1 Å². The number of amides is 1. The fourth-order valence-electron chi connectivity index (χ4n) is 3.87. The van der Waals surface area contributed by atoms with Crippen LogP contribution in [0.3, 0.4) is 0 Å². The van der Waals surface area contributed by atoms with Gasteiger partial charge in [0.15, 0.2) is 17.0 Å². The van der Waals surface area contributed by atoms with E-state index in [2.05, 4.69) is 20.3 Å². The molecule has 1 aliphatic heterocycles. The number of hydrogen-bond acceptors (Lipinski definition) is 8. The number of anilines is 1. The maximum absolute atomic E-state index is 13.7. The Labute approximate surface area is 198 Å². The number of piperazine rings is 1. The van der Waals surface area contributed by atoms with Crippen LogP contribution >= 0.6 is 0 Å². The van der Waals surface area contributed by atoms with Crippen molar-refractivity contribution in [3.05, 3.63) is 82.4 Å². The summed E-state index contributed by atoms with van der Waals surface area (Å²) in [5.74, 6) is 0.0721. The largest absolute Gasteiger partial charge is 0.351 e. The van der Waals surface area contributed by atoms with Gasteiger partial charge in [0.2, 0.25) is 5.91 Å². The summed E-state index contributed by atoms with van der Waals surface area (Å²) in [6.45, 7) is 2.03. The van der Waals surface area contributed by atoms with E-state index in [1.807, 2.05) is 4.90 Å². The SMILES string of the molecule is O=C(/C=C/c1ccc([N+](=O)[O-])cc1)N1CCN(c2ncnc3c2nnn3-c2cccc(F)c2)CC1. The van der Waals surface area contributed by atoms with E-state index in [9.17, 15) is 19.3 Å². The molecular formula is C23H19FN8O3. The maximum atomic E-state index is 13.7. The molecule has 35 heavy (non-hydrogen) atoms. The predicted molar refractivity (Wildman–Crippen MR) is 125 cm³/mol. The molecule has 4 aromatic rings. The van der Waals surface area contributed by atoms with Crippen LogP contribution in [-0.4, -0.2) is 66.9 Å². The number of nitrogens with zero attached hydrogens (tertiary/aromatic N) is 8. The van der Waals surface area contributed by atoms with E-state index >= 15 is 0 Å². The average Bonchev–Trinajstić information content (AvgIpc) is 3.32. The lowest BCUT2D eigenvalue weighted by molar-refractivity contribution is -0.384. The van der Waals surface area contributed by atoms with E-state index in [0.717, 1.165) is 0 Å². The molecule has 0 bridgehead atoms. The quantitative estimate of drug-likeness (QED) is 0.246. The summed E-state index contributed by atoms with van der Waals surface area (Å²) in [5.41, 5.74) is 2.17. The molecule has 0 atom stereocenters. The van der Waals surface area contributed by atoms with Crippen molar-refractivity contribution in [1.82, 2.24) is 29.9 Å². The third-order valence-electron chi connectivity index (χ3n) is 5.68. The Morgan fingerprint density at radius 2 is 1.83 bits per heavy atom. The highest BCUT2D eigenvalue weighted by molar-refractivity contribution is 5.92. The number of aromatic nitrogens is 5. The van der Waals surface area contributed by atoms with Crippen LogP contribution in [0.1, 0.15) is 5.56 Å². The molecule has 0 N–H and O–H groups in total. The Morgan fingerprint density at radius 1 is 1.06 bits per heavy atom. The summed E-state index contributed by atoms with van der Waals surface area (Å²) in [4.78, 5) is 35.3. The lowest BCUT2D eigenvalue weighted by Crippen LogP contribution is -2.48. The average molecular weight is 474 g/mol. The number of hydrogen-bond donors (Lipinski definition) is 0. The number of non-ortho nitro benzene ring substituents is 1. The summed E-state index contributed by atoms with van der Waals surface area (Å²) < 4.78 is 15.1. The van der Waals surface area contributed by atoms with Gasteiger partial charge in [-0.2, -0.15) is 4.68 Å². The second kappa shape index (κ2) is 9.25. The zero-order valence-electron chi connectivity index (χ0n) is 18.4. The minimum Gasteiger partial charge on any atom is -0.351 e. The Morgan fingerprint density at radius 3 is 2.54 bits per heavy atom. The van der Waals surface area contributed by atoms with Crippen LogP contribution in [0.25, 0.3) is 22.9 Å². The van der Waals surface area contributed by atoms with E-state index in [1.54, 1.807) is 35.2 Å². The second-order valence-electron chi connectivity index (χ2n) is 7.84. The molecule has 5 rings (SSSR count). The van der Waals surface area contributed by atoms with Crippen molar-refractivity contribution >= 4 is 34.7 Å². The number of rotatable bonds is 5. The molecular weight excluding hydrogens is 455 g/mol. The van der Waals surface area contributed by atoms with Gasteiger partial charge in [0.05, 0.1) is 10.6 Å². The molecule has 176 valence electrons. The van der Waals surface area contributed by atoms with Gasteiger partial charge >= 0.3 is 0 Å². The van der Waals surface area contributed by atoms with E-state index < -0.39 is 4.92 Å². The molecule has 2 aromatic heterocycles. The summed E-state index contributed by atoms with van der Waals surface area (Å²) in [6.07, 6.45) is 4.52. The number of nitro groups is 1. The fourth-order valence-corrected chi connectivity index (χ4v) is 3.87. The topological polar surface area (TPSA) is 123 Å². The minimum absolute atomic E-state index is 0.000562. The molecule has 1 amide bonds. The Balaban J connectivity index is 1.27. The summed E-state index contributed by atoms with van der Waals surface area (Å²) in [7, 11) is 0. The fraction of sp³-hybridized carbons (Fsp3) is 0.174. The third kappa shape index (κ3) is 4.53. The Bertz CT molecular complexity index is 1430. The van der Waals surface area contributed by atoms with Gasteiger partial charge in [0, 0.05) is 44.4 Å². The predicted octanol–water partition coefficient (Wildman–Crippen LogP) is 2.62. The molecule has 0 unspecified atom stereocenters. The van der Waals surface area contributed by atoms with Crippen LogP contribution in [0, 0.1) is 15.9 Å². The molecule has 2 aromatic carbocycles. The van der Waals surface area contributed by atoms with Crippen molar-refractivity contribution in [2.75, 3.05) is 31.1 Å². The second-order valence-corrected chi connectivity index (χ2v) is 7.84. The zero-order chi connectivity index (χ0) is 24.4. The molecule has 0 saturated carbocycles. The van der Waals surface area contributed by atoms with E-state index in [-0.39, 0.29) is 17.4 Å². The Hall–Kier alpha value is -4.74. The van der Waals surface area contributed by atoms with Gasteiger partial charge in [-0.1, -0.05) is 11.3 Å². The summed E-state index contributed by atoms with van der Waals surface area (Å²) >= 11 is 0. The molecule has 3 heterocycles. The standard InChI is InChI=1S/C23H19FN8O3/c24-17-2-1-3-19(14-17)31-23-21(27-28-31)22(25-15-26-23)30-12-10-29(11-13-30)20(33)9-6-16-4-7-18(8-5-16)32(34)35/h1-9,14-15H,10-13H2/b9-6+. The van der Waals surface area contributed by atoms with Gasteiger partial charge in [-0.05, 0) is 42.0 Å². The van der Waals surface area contributed by atoms with E-state index in [0.29, 0.717) is 54.4 Å². The van der Waals surface area contributed by atoms with Crippen molar-refractivity contribution in [1.29, 1.82) is 0 Å². The van der Waals surface area contributed by atoms with Crippen LogP contribution in [0.4, 0.5) is 15.9 Å². The van der Waals surface area contributed by atoms with Gasteiger partial charge in [0.1, 0.15) is 12.1 Å². The van der Waals surface area contributed by atoms with Crippen molar-refractivity contribution in [2.45, 2.75) is 0 Å². The summed E-state index contributed by atoms with van der Waals surface area (Å²) in [5, 5.41) is 19.1. The molecule has 11 nitrogen and oxygen atoms in total. The summed E-state index contributed by atoms with van der Waals surface area (Å²) in [6, 6.07) is 12.0. The third-order valence-corrected chi connectivity index (χ3v) is 5.68. The first kappa shape index (κ1) is 22.1. The monoisotopic (exact) mass is 474 g/mol. The van der Waals surface area contributed by atoms with Crippen molar-refractivity contribution in [3.63, 3.8) is 0 Å². The van der Waals surface area contributed by atoms with Crippen LogP contribution in [-0.2, 0) is 4.79 Å². The lowest BCUT2D eigenvalue weighted by atomic mass is 10.2. The molecule has 1 fully saturated rings. The van der Waals surface area contributed by atoms with Gasteiger partial charge in [-0.25, -0.2) is 14.4 Å². The van der Waals surface area contributed by atoms with Gasteiger partial charge in [-0.15, -0.1) is 5.10 Å². The first-order chi connectivity index (χ1) is 17.0. The van der Waals surface area contributed by atoms with Gasteiger partial charge in [0.25, 0.3) is 5.69 Å². The first-order valence-electron chi connectivity index (χ1n) is 10.8. The van der Waals surface area contributed by atoms with Crippen LogP contribution in [0.5, 0.6) is 0 Å². The van der Waals surface area contributed by atoms with Gasteiger partial charge < -0.3 is 9.80 Å². The van der Waals surface area contributed by atoms with Crippen LogP contribution < -0.4 is 4.90 Å². The number of carbonyl (C=O) groups is 1. The van der Waals surface area contributed by atoms with E-state index in [1.165, 1.54) is 41.4 Å². The van der Waals surface area contributed by atoms with Crippen LogP contribution in [0.2, 0.25) is 0 Å². The lowest BCUT2D eigenvalue weighted by Gasteiger charge is -2.34. The number of carbonyl (C=O) groups excluding carboxylic acids is 1. The molecule has 0 aliphatic carbocycles. The van der Waals surface area contributed by atoms with Gasteiger partial charge in [-0.3, -0.25) is 14.9 Å². The van der Waals surface area contributed by atoms with E-state index in [4.69, 9.17) is 0 Å². The number of fused-ring (bicyclic) bond motifs is 1.